The highest BCUT2D eigenvalue weighted by molar-refractivity contribution is 4.91. The fourth-order valence-electron chi connectivity index (χ4n) is 2.03. The van der Waals surface area contributed by atoms with E-state index in [1.807, 2.05) is 0 Å². The van der Waals surface area contributed by atoms with Crippen molar-refractivity contribution in [2.45, 2.75) is 30.6 Å². The molecule has 0 saturated carbocycles. The molecule has 0 aliphatic carbocycles. The monoisotopic (exact) mass is 514 g/mol. The first-order chi connectivity index (χ1) is 16.9. The van der Waals surface area contributed by atoms with Crippen molar-refractivity contribution in [2.75, 3.05) is 72.8 Å². The Hall–Kier alpha value is -2.56. The van der Waals surface area contributed by atoms with Crippen molar-refractivity contribution in [2.24, 2.45) is 15.3 Å². The highest BCUT2D eigenvalue weighted by atomic mass is 18.2. The Morgan fingerprint density at radius 3 is 1.69 bits per heavy atom. The van der Waals surface area contributed by atoms with Crippen LogP contribution in [0.25, 0.3) is 31.3 Å². The van der Waals surface area contributed by atoms with Gasteiger partial charge in [-0.3, -0.25) is 4.39 Å². The van der Waals surface area contributed by atoms with E-state index in [-0.39, 0.29) is 13.2 Å². The Labute approximate surface area is 198 Å². The summed E-state index contributed by atoms with van der Waals surface area (Å²) in [6.07, 6.45) is -7.33. The molecule has 3 N–H and O–H groups in total. The third-order valence-electron chi connectivity index (χ3n) is 3.62. The van der Waals surface area contributed by atoms with Crippen molar-refractivity contribution in [3.8, 4) is 0 Å². The molecule has 1 aliphatic rings. The van der Waals surface area contributed by atoms with Crippen LogP contribution in [0.5, 0.6) is 0 Å². The van der Waals surface area contributed by atoms with Crippen molar-refractivity contribution in [3.63, 3.8) is 0 Å². The maximum atomic E-state index is 12.2. The first kappa shape index (κ1) is 34.6. The third-order valence-corrected chi connectivity index (χ3v) is 3.62. The average Bonchev–Trinajstić information content (AvgIpc) is 2.87. The SMILES string of the molecule is [N-]=[N+]=NCCOCCOCCOCC[18F].[N-]=[N+]=NCC[18F].[N-]=[N+]=N[C@H]1OC(C[18F])C(O)C(O)[C@H]1O. The first-order valence-electron chi connectivity index (χ1n) is 10.1. The van der Waals surface area contributed by atoms with E-state index in [2.05, 4.69) is 30.1 Å². The largest absolute Gasteiger partial charge is 0.388 e. The highest BCUT2D eigenvalue weighted by Gasteiger charge is 2.43. The Morgan fingerprint density at radius 1 is 0.686 bits per heavy atom. The second-order valence-electron chi connectivity index (χ2n) is 6.02. The number of rotatable bonds is 15. The minimum Gasteiger partial charge on any atom is -0.388 e. The number of hydrogen-bond acceptors (Lipinski definition) is 10. The zero-order valence-corrected chi connectivity index (χ0v) is 18.8. The maximum Gasteiger partial charge on any atom is 0.165 e. The number of ether oxygens (including phenoxy) is 4. The summed E-state index contributed by atoms with van der Waals surface area (Å²) in [6.45, 7) is 0.445. The lowest BCUT2D eigenvalue weighted by molar-refractivity contribution is -0.222. The molecule has 5 atom stereocenters. The van der Waals surface area contributed by atoms with E-state index in [1.54, 1.807) is 0 Å². The lowest BCUT2D eigenvalue weighted by Crippen LogP contribution is -2.57. The highest BCUT2D eigenvalue weighted by Crippen LogP contribution is 2.22. The Kier molecular flexibility index (Phi) is 25.8. The topological polar surface area (TPSA) is 244 Å². The molecule has 1 saturated heterocycles. The molecule has 1 aliphatic heterocycles. The van der Waals surface area contributed by atoms with E-state index >= 15 is 0 Å². The van der Waals surface area contributed by atoms with Gasteiger partial charge in [0.25, 0.3) is 0 Å². The summed E-state index contributed by atoms with van der Waals surface area (Å²) in [4.78, 5) is 7.25. The Balaban J connectivity index is 0. The number of azide groups is 3. The van der Waals surface area contributed by atoms with E-state index in [1.165, 1.54) is 0 Å². The summed E-state index contributed by atoms with van der Waals surface area (Å²) < 4.78 is 54.4. The first-order valence-corrected chi connectivity index (χ1v) is 10.1. The quantitative estimate of drug-likeness (QED) is 0.126. The summed E-state index contributed by atoms with van der Waals surface area (Å²) in [6, 6.07) is 0. The number of alkyl halides is 3. The molecule has 0 aromatic rings. The van der Waals surface area contributed by atoms with Crippen LogP contribution in [-0.4, -0.2) is 119 Å². The van der Waals surface area contributed by atoms with Crippen LogP contribution < -0.4 is 0 Å². The predicted molar refractivity (Wildman–Crippen MR) is 114 cm³/mol. The molecule has 3 unspecified atom stereocenters. The second kappa shape index (κ2) is 26.1. The number of aliphatic hydroxyl groups excluding tert-OH is 3. The molecule has 202 valence electrons. The van der Waals surface area contributed by atoms with E-state index in [9.17, 15) is 28.5 Å². The molecule has 1 rings (SSSR count). The Morgan fingerprint density at radius 2 is 1.23 bits per heavy atom. The van der Waals surface area contributed by atoms with Gasteiger partial charge < -0.3 is 34.3 Å². The van der Waals surface area contributed by atoms with Gasteiger partial charge in [0, 0.05) is 21.3 Å². The minimum atomic E-state index is -1.58. The van der Waals surface area contributed by atoms with Crippen molar-refractivity contribution in [1.29, 1.82) is 0 Å². The number of hydrogen-bond donors (Lipinski definition) is 3. The Bertz CT molecular complexity index is 652. The van der Waals surface area contributed by atoms with Gasteiger partial charge in [0.2, 0.25) is 0 Å². The van der Waals surface area contributed by atoms with Crippen molar-refractivity contribution >= 4 is 0 Å². The van der Waals surface area contributed by atoms with Crippen LogP contribution in [-0.2, 0) is 18.9 Å². The van der Waals surface area contributed by atoms with Gasteiger partial charge in [0.15, 0.2) is 6.23 Å². The zero-order valence-electron chi connectivity index (χ0n) is 18.8. The molecular formula is C16H30F3N9O7. The van der Waals surface area contributed by atoms with Crippen LogP contribution in [0.2, 0.25) is 0 Å². The molecule has 19 heteroatoms. The summed E-state index contributed by atoms with van der Waals surface area (Å²) >= 11 is 0. The molecule has 1 fully saturated rings. The fourth-order valence-corrected chi connectivity index (χ4v) is 2.03. The predicted octanol–water partition coefficient (Wildman–Crippen LogP) is 1.66. The maximum absolute atomic E-state index is 12.2. The van der Waals surface area contributed by atoms with Crippen LogP contribution >= 0.6 is 0 Å². The minimum absolute atomic E-state index is 0.0451. The van der Waals surface area contributed by atoms with Crippen LogP contribution in [0.15, 0.2) is 15.3 Å². The van der Waals surface area contributed by atoms with Gasteiger partial charge in [-0.05, 0) is 16.6 Å². The number of aliphatic hydroxyl groups is 3. The lowest BCUT2D eigenvalue weighted by Gasteiger charge is -2.37. The molecular weight excluding hydrogens is 484 g/mol. The van der Waals surface area contributed by atoms with Crippen LogP contribution in [0, 0.1) is 0 Å². The lowest BCUT2D eigenvalue weighted by atomic mass is 9.99. The smallest absolute Gasteiger partial charge is 0.165 e. The van der Waals surface area contributed by atoms with Gasteiger partial charge in [-0.2, -0.15) is 0 Å². The van der Waals surface area contributed by atoms with Gasteiger partial charge >= 0.3 is 0 Å². The van der Waals surface area contributed by atoms with Gasteiger partial charge in [0.05, 0.1) is 52.9 Å². The van der Waals surface area contributed by atoms with Gasteiger partial charge in [0.1, 0.15) is 37.8 Å². The van der Waals surface area contributed by atoms with Crippen molar-refractivity contribution < 1.29 is 47.4 Å². The molecule has 0 bridgehead atoms. The van der Waals surface area contributed by atoms with Crippen molar-refractivity contribution in [1.82, 2.24) is 0 Å². The summed E-state index contributed by atoms with van der Waals surface area (Å²) in [5, 5.41) is 36.8. The molecule has 16 nitrogen and oxygen atoms in total. The van der Waals surface area contributed by atoms with Crippen molar-refractivity contribution in [3.05, 3.63) is 31.3 Å². The average molecular weight is 514 g/mol. The van der Waals surface area contributed by atoms with Gasteiger partial charge in [-0.25, -0.2) is 8.78 Å². The second-order valence-corrected chi connectivity index (χ2v) is 6.02. The van der Waals surface area contributed by atoms with Crippen LogP contribution in [0.3, 0.4) is 0 Å². The van der Waals surface area contributed by atoms with E-state index in [4.69, 9.17) is 35.5 Å². The molecule has 0 radical (unpaired) electrons. The molecule has 0 aromatic heterocycles. The molecule has 0 spiro atoms. The fraction of sp³-hybridized carbons (Fsp3) is 1.00. The van der Waals surface area contributed by atoms with Crippen LogP contribution in [0.4, 0.5) is 13.2 Å². The molecule has 0 amide bonds. The molecule has 35 heavy (non-hydrogen) atoms. The summed E-state index contributed by atoms with van der Waals surface area (Å²) in [7, 11) is 0. The van der Waals surface area contributed by atoms with Gasteiger partial charge in [-0.15, -0.1) is 0 Å². The summed E-state index contributed by atoms with van der Waals surface area (Å²) in [5.74, 6) is 0. The number of halogens is 3. The normalized spacial score (nSPS) is 22.6. The number of nitrogens with zero attached hydrogens (tertiary/aromatic N) is 9. The van der Waals surface area contributed by atoms with E-state index in [0.29, 0.717) is 39.6 Å². The van der Waals surface area contributed by atoms with Gasteiger partial charge in [-0.1, -0.05) is 15.3 Å². The molecule has 0 aromatic carbocycles. The van der Waals surface area contributed by atoms with E-state index < -0.39 is 50.7 Å². The third kappa shape index (κ3) is 19.4. The standard InChI is InChI=1S/C8H16FN3O3.C6H10FN3O4.C2H4FN3/c9-1-3-13-5-7-15-8-6-14-4-2-11-12-10;7-1-2-3(11)4(12)5(13)6(14-2)9-10-8;3-1-2-5-6-4/h1-8H2;2-6,11-13H,1H2;1-2H2/t;2?,3?,4?,5-,6+;/m.1./s1/i9-1;7-1;3-1. The molecule has 1 heterocycles. The van der Waals surface area contributed by atoms with Crippen LogP contribution in [0.1, 0.15) is 0 Å². The van der Waals surface area contributed by atoms with E-state index in [0.717, 1.165) is 0 Å². The summed E-state index contributed by atoms with van der Waals surface area (Å²) in [5.41, 5.74) is 23.5. The zero-order chi connectivity index (χ0) is 26.7.